The monoisotopic (exact) mass is 406 g/mol. The van der Waals surface area contributed by atoms with Crippen molar-refractivity contribution in [3.8, 4) is 0 Å². The lowest BCUT2D eigenvalue weighted by molar-refractivity contribution is -0.902. The zero-order valence-electron chi connectivity index (χ0n) is 16.1. The summed E-state index contributed by atoms with van der Waals surface area (Å²) in [6, 6.07) is 4.73. The van der Waals surface area contributed by atoms with Crippen molar-refractivity contribution in [2.45, 2.75) is 49.6 Å². The molecule has 1 amide bonds. The largest absolute Gasteiger partial charge is 0.332 e. The Hall–Kier alpha value is -1.38. The average Bonchev–Trinajstić information content (AvgIpc) is 3.25. The van der Waals surface area contributed by atoms with Crippen LogP contribution >= 0.6 is 23.1 Å². The molecule has 3 heterocycles. The zero-order chi connectivity index (χ0) is 18.8. The molecule has 1 atom stereocenters. The van der Waals surface area contributed by atoms with Gasteiger partial charge in [-0.25, -0.2) is 0 Å². The van der Waals surface area contributed by atoms with Crippen LogP contribution in [0.25, 0.3) is 0 Å². The highest BCUT2D eigenvalue weighted by Crippen LogP contribution is 2.40. The predicted molar refractivity (Wildman–Crippen MR) is 109 cm³/mol. The van der Waals surface area contributed by atoms with Crippen LogP contribution in [0, 0.1) is 0 Å². The summed E-state index contributed by atoms with van der Waals surface area (Å²) >= 11 is 3.33. The Morgan fingerprint density at radius 1 is 1.37 bits per heavy atom. The molecule has 0 radical (unpaired) electrons. The number of carbonyl (C=O) groups excluding carboxylic acids is 1. The second-order valence-corrected chi connectivity index (χ2v) is 9.79. The van der Waals surface area contributed by atoms with Gasteiger partial charge in [0, 0.05) is 17.3 Å². The number of carbonyl (C=O) groups is 1. The Bertz CT molecular complexity index is 763. The van der Waals surface area contributed by atoms with Crippen LogP contribution in [0.4, 0.5) is 0 Å². The molecule has 0 aromatic carbocycles. The van der Waals surface area contributed by atoms with Crippen LogP contribution in [0.2, 0.25) is 0 Å². The maximum Gasteiger partial charge on any atom is 0.236 e. The van der Waals surface area contributed by atoms with Crippen molar-refractivity contribution < 1.29 is 9.69 Å². The molecule has 1 saturated heterocycles. The van der Waals surface area contributed by atoms with Crippen molar-refractivity contribution in [1.29, 1.82) is 0 Å². The van der Waals surface area contributed by atoms with Crippen LogP contribution in [-0.4, -0.2) is 63.5 Å². The Morgan fingerprint density at radius 2 is 2.15 bits per heavy atom. The number of aromatic nitrogens is 3. The first kappa shape index (κ1) is 19.0. The number of amides is 1. The minimum atomic E-state index is -0.121. The molecule has 1 N–H and O–H groups in total. The summed E-state index contributed by atoms with van der Waals surface area (Å²) in [6.07, 6.45) is 3.20. The Kier molecular flexibility index (Phi) is 5.85. The van der Waals surface area contributed by atoms with Crippen molar-refractivity contribution in [3.05, 3.63) is 28.2 Å². The highest BCUT2D eigenvalue weighted by atomic mass is 32.2. The molecule has 0 bridgehead atoms. The molecule has 27 heavy (non-hydrogen) atoms. The zero-order valence-corrected chi connectivity index (χ0v) is 17.7. The van der Waals surface area contributed by atoms with Crippen LogP contribution in [0.3, 0.4) is 0 Å². The van der Waals surface area contributed by atoms with Crippen molar-refractivity contribution in [2.75, 3.05) is 32.7 Å². The van der Waals surface area contributed by atoms with Gasteiger partial charge in [-0.2, -0.15) is 0 Å². The van der Waals surface area contributed by atoms with E-state index in [-0.39, 0.29) is 11.2 Å². The molecule has 2 aliphatic rings. The van der Waals surface area contributed by atoms with Gasteiger partial charge < -0.3 is 14.4 Å². The van der Waals surface area contributed by atoms with Crippen LogP contribution in [0.5, 0.6) is 0 Å². The van der Waals surface area contributed by atoms with E-state index in [1.165, 1.54) is 17.7 Å². The molecule has 0 unspecified atom stereocenters. The van der Waals surface area contributed by atoms with Crippen LogP contribution in [0.15, 0.2) is 22.7 Å². The maximum absolute atomic E-state index is 12.9. The molecule has 2 aromatic heterocycles. The summed E-state index contributed by atoms with van der Waals surface area (Å²) in [5, 5.41) is 11.8. The number of rotatable bonds is 7. The molecule has 1 aliphatic carbocycles. The number of likely N-dealkylation sites (N-methyl/N-ethyl adjacent to an activating group) is 1. The van der Waals surface area contributed by atoms with E-state index in [1.807, 2.05) is 11.8 Å². The first-order valence-electron chi connectivity index (χ1n) is 9.91. The van der Waals surface area contributed by atoms with Gasteiger partial charge in [0.05, 0.1) is 38.0 Å². The Labute approximate surface area is 168 Å². The van der Waals surface area contributed by atoms with E-state index < -0.39 is 0 Å². The fourth-order valence-corrected chi connectivity index (χ4v) is 5.36. The number of thiophene rings is 1. The van der Waals surface area contributed by atoms with Crippen molar-refractivity contribution in [3.63, 3.8) is 0 Å². The van der Waals surface area contributed by atoms with Crippen molar-refractivity contribution in [1.82, 2.24) is 19.7 Å². The lowest BCUT2D eigenvalue weighted by atomic mass is 10.3. The van der Waals surface area contributed by atoms with E-state index in [1.54, 1.807) is 28.0 Å². The van der Waals surface area contributed by atoms with Gasteiger partial charge in [-0.15, -0.1) is 21.5 Å². The third kappa shape index (κ3) is 4.38. The van der Waals surface area contributed by atoms with Crippen LogP contribution in [0.1, 0.15) is 43.4 Å². The normalized spacial score (nSPS) is 19.4. The second kappa shape index (κ2) is 8.32. The molecule has 8 heteroatoms. The van der Waals surface area contributed by atoms with Gasteiger partial charge in [0.15, 0.2) is 5.16 Å². The summed E-state index contributed by atoms with van der Waals surface area (Å²) in [4.78, 5) is 17.8. The summed E-state index contributed by atoms with van der Waals surface area (Å²) in [5.41, 5.74) is 0. The van der Waals surface area contributed by atoms with Gasteiger partial charge in [-0.1, -0.05) is 17.8 Å². The summed E-state index contributed by atoms with van der Waals surface area (Å²) in [7, 11) is 0. The quantitative estimate of drug-likeness (QED) is 0.708. The molecule has 0 spiro atoms. The Morgan fingerprint density at radius 3 is 2.78 bits per heavy atom. The van der Waals surface area contributed by atoms with Gasteiger partial charge >= 0.3 is 0 Å². The molecule has 2 fully saturated rings. The van der Waals surface area contributed by atoms with Crippen LogP contribution in [-0.2, 0) is 11.2 Å². The number of piperazine rings is 1. The minimum Gasteiger partial charge on any atom is -0.332 e. The number of hydrogen-bond donors (Lipinski definition) is 1. The van der Waals surface area contributed by atoms with Crippen molar-refractivity contribution in [2.24, 2.45) is 0 Å². The molecule has 1 saturated carbocycles. The third-order valence-electron chi connectivity index (χ3n) is 5.47. The molecule has 4 rings (SSSR count). The SMILES string of the molecule is CC[NH+]1CCN(C(=O)[C@@H](C)Sc2nnc(Cc3cccs3)n2C2CC2)CC1. The third-order valence-corrected chi connectivity index (χ3v) is 7.39. The molecule has 1 aliphatic heterocycles. The number of nitrogens with one attached hydrogen (secondary N) is 1. The topological polar surface area (TPSA) is 55.5 Å². The number of thioether (sulfide) groups is 1. The van der Waals surface area contributed by atoms with E-state index >= 15 is 0 Å². The van der Waals surface area contributed by atoms with Gasteiger partial charge in [0.25, 0.3) is 0 Å². The van der Waals surface area contributed by atoms with Crippen molar-refractivity contribution >= 4 is 29.0 Å². The summed E-state index contributed by atoms with van der Waals surface area (Å²) < 4.78 is 2.29. The van der Waals surface area contributed by atoms with Gasteiger partial charge in [0.1, 0.15) is 5.82 Å². The summed E-state index contributed by atoms with van der Waals surface area (Å²) in [5.74, 6) is 1.27. The Balaban J connectivity index is 1.42. The molecule has 146 valence electrons. The number of nitrogens with zero attached hydrogens (tertiary/aromatic N) is 4. The van der Waals surface area contributed by atoms with E-state index in [2.05, 4.69) is 39.2 Å². The fraction of sp³-hybridized carbons (Fsp3) is 0.632. The fourth-order valence-electron chi connectivity index (χ4n) is 3.64. The predicted octanol–water partition coefficient (Wildman–Crippen LogP) is 1.49. The smallest absolute Gasteiger partial charge is 0.236 e. The number of hydrogen-bond acceptors (Lipinski definition) is 5. The first-order chi connectivity index (χ1) is 13.2. The average molecular weight is 407 g/mol. The lowest BCUT2D eigenvalue weighted by Gasteiger charge is -2.32. The maximum atomic E-state index is 12.9. The lowest BCUT2D eigenvalue weighted by Crippen LogP contribution is -3.14. The molecule has 2 aromatic rings. The van der Waals surface area contributed by atoms with E-state index in [4.69, 9.17) is 0 Å². The highest BCUT2D eigenvalue weighted by molar-refractivity contribution is 8.00. The first-order valence-corrected chi connectivity index (χ1v) is 11.7. The summed E-state index contributed by atoms with van der Waals surface area (Å²) in [6.45, 7) is 9.22. The van der Waals surface area contributed by atoms with E-state index in [0.717, 1.165) is 50.1 Å². The van der Waals surface area contributed by atoms with Gasteiger partial charge in [-0.3, -0.25) is 4.79 Å². The second-order valence-electron chi connectivity index (χ2n) is 7.45. The van der Waals surface area contributed by atoms with Gasteiger partial charge in [0.2, 0.25) is 5.91 Å². The standard InChI is InChI=1S/C19H27N5OS2/c1-3-22-8-10-23(11-9-22)18(25)14(2)27-19-21-20-17(24(19)15-6-7-15)13-16-5-4-12-26-16/h4-5,12,14-15H,3,6-11,13H2,1-2H3/p+1/t14-/m1/s1. The minimum absolute atomic E-state index is 0.121. The van der Waals surface area contributed by atoms with E-state index in [9.17, 15) is 4.79 Å². The molecular formula is C19H28N5OS2+. The van der Waals surface area contributed by atoms with Gasteiger partial charge in [-0.05, 0) is 38.1 Å². The van der Waals surface area contributed by atoms with Crippen LogP contribution < -0.4 is 4.90 Å². The molecule has 6 nitrogen and oxygen atoms in total. The van der Waals surface area contributed by atoms with E-state index in [0.29, 0.717) is 6.04 Å². The highest BCUT2D eigenvalue weighted by Gasteiger charge is 2.32. The molecular weight excluding hydrogens is 378 g/mol. The number of quaternary nitrogens is 1.